The number of carbonyl (C=O) groups is 1. The number of rotatable bonds is 6. The lowest BCUT2D eigenvalue weighted by Gasteiger charge is -2.02. The number of benzene rings is 1. The van der Waals surface area contributed by atoms with Crippen LogP contribution in [0.25, 0.3) is 0 Å². The third kappa shape index (κ3) is 4.46. The molecule has 0 atom stereocenters. The Morgan fingerprint density at radius 1 is 1.41 bits per heavy atom. The summed E-state index contributed by atoms with van der Waals surface area (Å²) in [4.78, 5) is 21.2. The van der Waals surface area contributed by atoms with Crippen molar-refractivity contribution >= 4 is 11.7 Å². The van der Waals surface area contributed by atoms with E-state index in [0.29, 0.717) is 18.6 Å². The van der Waals surface area contributed by atoms with Crippen molar-refractivity contribution in [2.75, 3.05) is 0 Å². The Morgan fingerprint density at radius 2 is 2.06 bits per heavy atom. The molecule has 1 aromatic rings. The van der Waals surface area contributed by atoms with Gasteiger partial charge >= 0.3 is 5.97 Å². The first-order valence-electron chi connectivity index (χ1n) is 5.19. The molecule has 90 valence electrons. The molecule has 0 bridgehead atoms. The second-order valence-electron chi connectivity index (χ2n) is 3.41. The number of nitrogens with zero attached hydrogens (tertiary/aromatic N) is 1. The molecule has 5 nitrogen and oxygen atoms in total. The fourth-order valence-electron chi connectivity index (χ4n) is 1.21. The molecule has 0 aliphatic rings. The predicted octanol–water partition coefficient (Wildman–Crippen LogP) is 2.86. The lowest BCUT2D eigenvalue weighted by molar-refractivity contribution is -0.384. The Balaban J connectivity index is 2.48. The number of allylic oxidation sites excluding steroid dienone is 1. The number of esters is 1. The van der Waals surface area contributed by atoms with Crippen LogP contribution in [0.15, 0.2) is 36.9 Å². The van der Waals surface area contributed by atoms with Crippen molar-refractivity contribution in [1.29, 1.82) is 0 Å². The maximum absolute atomic E-state index is 11.3. The lowest BCUT2D eigenvalue weighted by atomic mass is 10.2. The average Bonchev–Trinajstić information content (AvgIpc) is 2.30. The highest BCUT2D eigenvalue weighted by Crippen LogP contribution is 2.17. The summed E-state index contributed by atoms with van der Waals surface area (Å²) in [6, 6.07) is 5.41. The molecule has 0 N–H and O–H groups in total. The van der Waals surface area contributed by atoms with Crippen molar-refractivity contribution in [3.63, 3.8) is 0 Å². The van der Waals surface area contributed by atoms with Crippen LogP contribution >= 0.6 is 0 Å². The fraction of sp³-hybridized carbons (Fsp3) is 0.250. The molecule has 1 rings (SSSR count). The number of hydrogen-bond donors (Lipinski definition) is 0. The van der Waals surface area contributed by atoms with Gasteiger partial charge in [0.05, 0.1) is 4.92 Å². The summed E-state index contributed by atoms with van der Waals surface area (Å²) in [5.41, 5.74) is -0.0311. The highest BCUT2D eigenvalue weighted by Gasteiger charge is 2.07. The normalized spacial score (nSPS) is 9.65. The third-order valence-corrected chi connectivity index (χ3v) is 2.07. The summed E-state index contributed by atoms with van der Waals surface area (Å²) < 4.78 is 5.00. The molecule has 0 aliphatic carbocycles. The zero-order valence-electron chi connectivity index (χ0n) is 9.30. The SMILES string of the molecule is C=CCCCC(=O)Oc1ccc([N+](=O)[O-])cc1. The van der Waals surface area contributed by atoms with Crippen LogP contribution in [-0.2, 0) is 4.79 Å². The minimum atomic E-state index is -0.504. The molecule has 0 aliphatic heterocycles. The van der Waals surface area contributed by atoms with Gasteiger partial charge in [-0.25, -0.2) is 0 Å². The Kier molecular flexibility index (Phi) is 4.87. The van der Waals surface area contributed by atoms with Gasteiger partial charge in [0.2, 0.25) is 0 Å². The third-order valence-electron chi connectivity index (χ3n) is 2.07. The van der Waals surface area contributed by atoms with E-state index in [1.54, 1.807) is 6.08 Å². The quantitative estimate of drug-likeness (QED) is 0.190. The molecular formula is C12H13NO4. The number of ether oxygens (including phenoxy) is 1. The average molecular weight is 235 g/mol. The summed E-state index contributed by atoms with van der Waals surface area (Å²) in [5.74, 6) is -0.0279. The molecule has 0 saturated heterocycles. The molecule has 1 aromatic carbocycles. The van der Waals surface area contributed by atoms with Crippen LogP contribution in [0.3, 0.4) is 0 Å². The van der Waals surface area contributed by atoms with Gasteiger partial charge in [-0.3, -0.25) is 14.9 Å². The molecular weight excluding hydrogens is 222 g/mol. The van der Waals surface area contributed by atoms with E-state index >= 15 is 0 Å². The number of unbranched alkanes of at least 4 members (excludes halogenated alkanes) is 1. The van der Waals surface area contributed by atoms with Gasteiger partial charge in [-0.05, 0) is 25.0 Å². The first kappa shape index (κ1) is 12.9. The van der Waals surface area contributed by atoms with Crippen molar-refractivity contribution in [2.24, 2.45) is 0 Å². The van der Waals surface area contributed by atoms with E-state index in [-0.39, 0.29) is 11.7 Å². The number of carbonyl (C=O) groups excluding carboxylic acids is 1. The maximum Gasteiger partial charge on any atom is 0.311 e. The number of nitro benzene ring substituents is 1. The van der Waals surface area contributed by atoms with E-state index in [9.17, 15) is 14.9 Å². The van der Waals surface area contributed by atoms with Crippen molar-refractivity contribution in [1.82, 2.24) is 0 Å². The predicted molar refractivity (Wildman–Crippen MR) is 62.8 cm³/mol. The highest BCUT2D eigenvalue weighted by molar-refractivity contribution is 5.72. The monoisotopic (exact) mass is 235 g/mol. The number of hydrogen-bond acceptors (Lipinski definition) is 4. The zero-order chi connectivity index (χ0) is 12.7. The Labute approximate surface area is 98.9 Å². The molecule has 0 radical (unpaired) electrons. The Hall–Kier alpha value is -2.17. The van der Waals surface area contributed by atoms with Gasteiger partial charge in [0.1, 0.15) is 5.75 Å². The number of non-ortho nitro benzene ring substituents is 1. The van der Waals surface area contributed by atoms with Crippen LogP contribution in [0, 0.1) is 10.1 Å². The first-order valence-corrected chi connectivity index (χ1v) is 5.19. The van der Waals surface area contributed by atoms with Crippen LogP contribution in [-0.4, -0.2) is 10.9 Å². The van der Waals surface area contributed by atoms with Gasteiger partial charge in [-0.1, -0.05) is 6.08 Å². The summed E-state index contributed by atoms with van der Waals surface area (Å²) in [7, 11) is 0. The fourth-order valence-corrected chi connectivity index (χ4v) is 1.21. The minimum absolute atomic E-state index is 0.0311. The lowest BCUT2D eigenvalue weighted by Crippen LogP contribution is -2.07. The van der Waals surface area contributed by atoms with Crippen LogP contribution in [0.5, 0.6) is 5.75 Å². The van der Waals surface area contributed by atoms with Crippen molar-refractivity contribution in [3.8, 4) is 5.75 Å². The van der Waals surface area contributed by atoms with Crippen LogP contribution in [0.4, 0.5) is 5.69 Å². The second-order valence-corrected chi connectivity index (χ2v) is 3.41. The molecule has 0 fully saturated rings. The zero-order valence-corrected chi connectivity index (χ0v) is 9.30. The number of nitro groups is 1. The molecule has 0 spiro atoms. The van der Waals surface area contributed by atoms with E-state index in [1.165, 1.54) is 24.3 Å². The molecule has 0 amide bonds. The van der Waals surface area contributed by atoms with E-state index in [0.717, 1.165) is 6.42 Å². The van der Waals surface area contributed by atoms with E-state index in [4.69, 9.17) is 4.74 Å². The molecule has 0 unspecified atom stereocenters. The van der Waals surface area contributed by atoms with E-state index in [1.807, 2.05) is 0 Å². The van der Waals surface area contributed by atoms with Crippen LogP contribution in [0.2, 0.25) is 0 Å². The maximum atomic E-state index is 11.3. The summed E-state index contributed by atoms with van der Waals surface area (Å²) in [6.45, 7) is 3.55. The van der Waals surface area contributed by atoms with Gasteiger partial charge in [0.15, 0.2) is 0 Å². The van der Waals surface area contributed by atoms with Gasteiger partial charge < -0.3 is 4.74 Å². The van der Waals surface area contributed by atoms with Gasteiger partial charge in [0.25, 0.3) is 5.69 Å². The molecule has 0 saturated carbocycles. The summed E-state index contributed by atoms with van der Waals surface area (Å²) in [5, 5.41) is 10.4. The van der Waals surface area contributed by atoms with Crippen LogP contribution < -0.4 is 4.74 Å². The second kappa shape index (κ2) is 6.42. The molecule has 17 heavy (non-hydrogen) atoms. The van der Waals surface area contributed by atoms with Gasteiger partial charge in [0, 0.05) is 18.6 Å². The summed E-state index contributed by atoms with van der Waals surface area (Å²) in [6.07, 6.45) is 3.49. The Bertz CT molecular complexity index is 411. The van der Waals surface area contributed by atoms with Gasteiger partial charge in [-0.2, -0.15) is 0 Å². The largest absolute Gasteiger partial charge is 0.427 e. The van der Waals surface area contributed by atoms with E-state index in [2.05, 4.69) is 6.58 Å². The van der Waals surface area contributed by atoms with Gasteiger partial charge in [-0.15, -0.1) is 6.58 Å². The standard InChI is InChI=1S/C12H13NO4/c1-2-3-4-5-12(14)17-11-8-6-10(7-9-11)13(15)16/h2,6-9H,1,3-5H2. The van der Waals surface area contributed by atoms with Crippen LogP contribution in [0.1, 0.15) is 19.3 Å². The smallest absolute Gasteiger partial charge is 0.311 e. The minimum Gasteiger partial charge on any atom is -0.427 e. The summed E-state index contributed by atoms with van der Waals surface area (Å²) >= 11 is 0. The van der Waals surface area contributed by atoms with Crippen molar-refractivity contribution in [2.45, 2.75) is 19.3 Å². The van der Waals surface area contributed by atoms with E-state index < -0.39 is 4.92 Å². The highest BCUT2D eigenvalue weighted by atomic mass is 16.6. The first-order chi connectivity index (χ1) is 8.13. The van der Waals surface area contributed by atoms with Crippen molar-refractivity contribution < 1.29 is 14.5 Å². The topological polar surface area (TPSA) is 69.4 Å². The molecule has 5 heteroatoms. The molecule has 0 aromatic heterocycles. The molecule has 0 heterocycles. The van der Waals surface area contributed by atoms with Crippen molar-refractivity contribution in [3.05, 3.63) is 47.0 Å². The Morgan fingerprint density at radius 3 is 2.59 bits per heavy atom.